The predicted molar refractivity (Wildman–Crippen MR) is 81.2 cm³/mol. The molecule has 0 spiro atoms. The molecule has 4 rings (SSSR count). The van der Waals surface area contributed by atoms with Crippen molar-refractivity contribution in [3.8, 4) is 0 Å². The SMILES string of the molecule is CCNC(CN(C)CC)C12CC3CC(CC(C3)C1)C2. The Bertz CT molecular complexity index is 277. The van der Waals surface area contributed by atoms with E-state index in [0.717, 1.165) is 30.3 Å². The minimum atomic E-state index is 0.647. The van der Waals surface area contributed by atoms with E-state index in [-0.39, 0.29) is 0 Å². The van der Waals surface area contributed by atoms with Gasteiger partial charge in [-0.15, -0.1) is 0 Å². The van der Waals surface area contributed by atoms with Crippen LogP contribution in [-0.4, -0.2) is 37.6 Å². The molecule has 19 heavy (non-hydrogen) atoms. The van der Waals surface area contributed by atoms with E-state index in [1.165, 1.54) is 32.4 Å². The average Bonchev–Trinajstić information content (AvgIpc) is 2.36. The minimum absolute atomic E-state index is 0.647. The standard InChI is InChI=1S/C17H32N2/c1-4-18-16(12-19(3)5-2)17-9-13-6-14(10-17)8-15(7-13)11-17/h13-16,18H,4-12H2,1-3H3. The van der Waals surface area contributed by atoms with E-state index in [9.17, 15) is 0 Å². The number of hydrogen-bond donors (Lipinski definition) is 1. The number of likely N-dealkylation sites (N-methyl/N-ethyl adjacent to an activating group) is 2. The van der Waals surface area contributed by atoms with Crippen molar-refractivity contribution < 1.29 is 0 Å². The highest BCUT2D eigenvalue weighted by atomic mass is 15.1. The van der Waals surface area contributed by atoms with E-state index in [4.69, 9.17) is 0 Å². The molecule has 0 aromatic carbocycles. The van der Waals surface area contributed by atoms with E-state index in [2.05, 4.69) is 31.1 Å². The highest BCUT2D eigenvalue weighted by molar-refractivity contribution is 5.06. The van der Waals surface area contributed by atoms with Crippen molar-refractivity contribution >= 4 is 0 Å². The Hall–Kier alpha value is -0.0800. The highest BCUT2D eigenvalue weighted by Crippen LogP contribution is 2.61. The van der Waals surface area contributed by atoms with E-state index < -0.39 is 0 Å². The molecule has 4 aliphatic rings. The molecule has 0 amide bonds. The minimum Gasteiger partial charge on any atom is -0.312 e. The fourth-order valence-corrected chi connectivity index (χ4v) is 5.77. The molecule has 2 nitrogen and oxygen atoms in total. The molecule has 4 aliphatic carbocycles. The Kier molecular flexibility index (Phi) is 3.92. The first-order valence-corrected chi connectivity index (χ1v) is 8.57. The van der Waals surface area contributed by atoms with Crippen LogP contribution in [0.3, 0.4) is 0 Å². The van der Waals surface area contributed by atoms with Crippen LogP contribution >= 0.6 is 0 Å². The normalized spacial score (nSPS) is 42.0. The van der Waals surface area contributed by atoms with Crippen LogP contribution in [0, 0.1) is 23.2 Å². The lowest BCUT2D eigenvalue weighted by Gasteiger charge is -2.60. The summed E-state index contributed by atoms with van der Waals surface area (Å²) in [5, 5.41) is 3.86. The zero-order chi connectivity index (χ0) is 13.5. The molecule has 4 saturated carbocycles. The van der Waals surface area contributed by atoms with Crippen LogP contribution in [-0.2, 0) is 0 Å². The highest BCUT2D eigenvalue weighted by Gasteiger charge is 2.53. The molecular formula is C17H32N2. The molecule has 0 radical (unpaired) electrons. The fraction of sp³-hybridized carbons (Fsp3) is 1.00. The van der Waals surface area contributed by atoms with Gasteiger partial charge >= 0.3 is 0 Å². The summed E-state index contributed by atoms with van der Waals surface area (Å²) in [6.07, 6.45) is 9.24. The van der Waals surface area contributed by atoms with Crippen LogP contribution in [0.5, 0.6) is 0 Å². The number of rotatable bonds is 6. The molecule has 0 aromatic heterocycles. The van der Waals surface area contributed by atoms with Gasteiger partial charge < -0.3 is 10.2 Å². The molecule has 0 saturated heterocycles. The largest absolute Gasteiger partial charge is 0.312 e. The number of hydrogen-bond acceptors (Lipinski definition) is 2. The Morgan fingerprint density at radius 1 is 1.05 bits per heavy atom. The summed E-state index contributed by atoms with van der Waals surface area (Å²) in [5.41, 5.74) is 0.647. The van der Waals surface area contributed by atoms with Crippen LogP contribution < -0.4 is 5.32 Å². The number of nitrogens with one attached hydrogen (secondary N) is 1. The van der Waals surface area contributed by atoms with Crippen molar-refractivity contribution in [2.45, 2.75) is 58.4 Å². The third kappa shape index (κ3) is 2.58. The van der Waals surface area contributed by atoms with Crippen molar-refractivity contribution in [2.24, 2.45) is 23.2 Å². The molecule has 1 atom stereocenters. The zero-order valence-electron chi connectivity index (χ0n) is 13.1. The van der Waals surface area contributed by atoms with Crippen LogP contribution in [0.25, 0.3) is 0 Å². The predicted octanol–water partition coefficient (Wildman–Crippen LogP) is 3.13. The monoisotopic (exact) mass is 264 g/mol. The summed E-state index contributed by atoms with van der Waals surface area (Å²) >= 11 is 0. The molecule has 1 unspecified atom stereocenters. The first-order chi connectivity index (χ1) is 9.15. The van der Waals surface area contributed by atoms with Gasteiger partial charge in [-0.05, 0) is 81.8 Å². The molecular weight excluding hydrogens is 232 g/mol. The Labute approximate surface area is 119 Å². The smallest absolute Gasteiger partial charge is 0.0251 e. The molecule has 1 N–H and O–H groups in total. The lowest BCUT2D eigenvalue weighted by Crippen LogP contribution is -2.58. The van der Waals surface area contributed by atoms with E-state index in [1.807, 2.05) is 0 Å². The average molecular weight is 264 g/mol. The third-order valence-electron chi connectivity index (χ3n) is 6.31. The maximum atomic E-state index is 3.86. The van der Waals surface area contributed by atoms with Gasteiger partial charge in [-0.25, -0.2) is 0 Å². The summed E-state index contributed by atoms with van der Waals surface area (Å²) in [4.78, 5) is 2.51. The summed E-state index contributed by atoms with van der Waals surface area (Å²) in [6.45, 7) is 8.11. The Balaban J connectivity index is 1.76. The zero-order valence-corrected chi connectivity index (χ0v) is 13.1. The molecule has 2 heteroatoms. The van der Waals surface area contributed by atoms with Crippen LogP contribution in [0.15, 0.2) is 0 Å². The van der Waals surface area contributed by atoms with Gasteiger partial charge in [-0.2, -0.15) is 0 Å². The van der Waals surface area contributed by atoms with Gasteiger partial charge in [0.2, 0.25) is 0 Å². The van der Waals surface area contributed by atoms with Crippen molar-refractivity contribution in [3.63, 3.8) is 0 Å². The maximum absolute atomic E-state index is 3.86. The van der Waals surface area contributed by atoms with Crippen molar-refractivity contribution in [3.05, 3.63) is 0 Å². The van der Waals surface area contributed by atoms with Crippen molar-refractivity contribution in [1.29, 1.82) is 0 Å². The van der Waals surface area contributed by atoms with Crippen molar-refractivity contribution in [2.75, 3.05) is 26.7 Å². The second kappa shape index (κ2) is 5.37. The van der Waals surface area contributed by atoms with Gasteiger partial charge in [0.15, 0.2) is 0 Å². The van der Waals surface area contributed by atoms with Gasteiger partial charge in [0, 0.05) is 12.6 Å². The van der Waals surface area contributed by atoms with E-state index in [1.54, 1.807) is 19.3 Å². The number of nitrogens with zero attached hydrogens (tertiary/aromatic N) is 1. The van der Waals surface area contributed by atoms with Crippen LogP contribution in [0.2, 0.25) is 0 Å². The molecule has 4 bridgehead atoms. The van der Waals surface area contributed by atoms with E-state index in [0.29, 0.717) is 5.41 Å². The first kappa shape index (κ1) is 13.9. The summed E-state index contributed by atoms with van der Waals surface area (Å²) in [7, 11) is 2.28. The van der Waals surface area contributed by atoms with Crippen molar-refractivity contribution in [1.82, 2.24) is 10.2 Å². The van der Waals surface area contributed by atoms with Gasteiger partial charge in [0.1, 0.15) is 0 Å². The molecule has 110 valence electrons. The van der Waals surface area contributed by atoms with Gasteiger partial charge in [0.05, 0.1) is 0 Å². The summed E-state index contributed by atoms with van der Waals surface area (Å²) < 4.78 is 0. The topological polar surface area (TPSA) is 15.3 Å². The molecule has 4 fully saturated rings. The summed E-state index contributed by atoms with van der Waals surface area (Å²) in [5.74, 6) is 3.21. The second-order valence-electron chi connectivity index (χ2n) is 7.75. The van der Waals surface area contributed by atoms with Crippen LogP contribution in [0.4, 0.5) is 0 Å². The molecule has 0 aromatic rings. The molecule has 0 heterocycles. The third-order valence-corrected chi connectivity index (χ3v) is 6.31. The van der Waals surface area contributed by atoms with Gasteiger partial charge in [0.25, 0.3) is 0 Å². The van der Waals surface area contributed by atoms with E-state index >= 15 is 0 Å². The lowest BCUT2D eigenvalue weighted by atomic mass is 9.47. The lowest BCUT2D eigenvalue weighted by molar-refractivity contribution is -0.0774. The quantitative estimate of drug-likeness (QED) is 0.793. The fourth-order valence-electron chi connectivity index (χ4n) is 5.77. The van der Waals surface area contributed by atoms with Crippen LogP contribution in [0.1, 0.15) is 52.4 Å². The second-order valence-corrected chi connectivity index (χ2v) is 7.75. The summed E-state index contributed by atoms with van der Waals surface area (Å²) in [6, 6.07) is 0.732. The maximum Gasteiger partial charge on any atom is 0.0251 e. The first-order valence-electron chi connectivity index (χ1n) is 8.57. The Morgan fingerprint density at radius 2 is 1.58 bits per heavy atom. The van der Waals surface area contributed by atoms with Gasteiger partial charge in [-0.3, -0.25) is 0 Å². The molecule has 0 aliphatic heterocycles. The van der Waals surface area contributed by atoms with Gasteiger partial charge in [-0.1, -0.05) is 13.8 Å². The Morgan fingerprint density at radius 3 is 2.00 bits per heavy atom.